The lowest BCUT2D eigenvalue weighted by atomic mass is 10.00. The molecule has 10 heteroatoms. The van der Waals surface area contributed by atoms with E-state index in [-0.39, 0.29) is 12.5 Å². The monoisotopic (exact) mass is 543 g/mol. The number of benzene rings is 2. The van der Waals surface area contributed by atoms with Gasteiger partial charge in [0.1, 0.15) is 6.04 Å². The topological polar surface area (TPSA) is 97.0 Å². The van der Waals surface area contributed by atoms with Gasteiger partial charge in [-0.05, 0) is 74.2 Å². The van der Waals surface area contributed by atoms with Gasteiger partial charge in [0.15, 0.2) is 11.5 Å². The highest BCUT2D eigenvalue weighted by Crippen LogP contribution is 2.35. The molecule has 3 rings (SSSR count). The Morgan fingerprint density at radius 2 is 1.68 bits per heavy atom. The fourth-order valence-electron chi connectivity index (χ4n) is 3.65. The van der Waals surface area contributed by atoms with Crippen molar-refractivity contribution >= 4 is 46.3 Å². The number of ether oxygens (including phenoxy) is 2. The summed E-state index contributed by atoms with van der Waals surface area (Å²) in [5.41, 5.74) is 0.351. The normalized spacial score (nSPS) is 11.8. The van der Waals surface area contributed by atoms with Crippen molar-refractivity contribution in [3.63, 3.8) is 0 Å². The third kappa shape index (κ3) is 7.24. The number of thiophene rings is 1. The molecule has 0 aliphatic heterocycles. The molecule has 3 amide bonds. The maximum atomic E-state index is 13.7. The molecule has 8 nitrogen and oxygen atoms in total. The number of hydrogen-bond donors (Lipinski definition) is 2. The SMILES string of the molecule is COc1ccc([C@H](C(=O)NC(C)(C)C)N(C(=O)CNC(=O)c2cccs2)c2ccc(Cl)cc2)cc1OC. The summed E-state index contributed by atoms with van der Waals surface area (Å²) in [6, 6.07) is 13.9. The summed E-state index contributed by atoms with van der Waals surface area (Å²) in [5, 5.41) is 7.88. The average Bonchev–Trinajstić information content (AvgIpc) is 3.40. The van der Waals surface area contributed by atoms with Gasteiger partial charge in [0.25, 0.3) is 5.91 Å². The van der Waals surface area contributed by atoms with E-state index in [9.17, 15) is 14.4 Å². The highest BCUT2D eigenvalue weighted by Gasteiger charge is 2.35. The van der Waals surface area contributed by atoms with Crippen LogP contribution in [0.4, 0.5) is 5.69 Å². The minimum Gasteiger partial charge on any atom is -0.493 e. The summed E-state index contributed by atoms with van der Waals surface area (Å²) < 4.78 is 10.8. The van der Waals surface area contributed by atoms with Crippen molar-refractivity contribution in [2.24, 2.45) is 0 Å². The Kier molecular flexibility index (Phi) is 9.18. The minimum absolute atomic E-state index is 0.327. The number of nitrogens with one attached hydrogen (secondary N) is 2. The summed E-state index contributed by atoms with van der Waals surface area (Å²) in [6.07, 6.45) is 0. The van der Waals surface area contributed by atoms with Gasteiger partial charge in [-0.2, -0.15) is 0 Å². The van der Waals surface area contributed by atoms with E-state index in [0.29, 0.717) is 32.6 Å². The van der Waals surface area contributed by atoms with Gasteiger partial charge in [-0.3, -0.25) is 19.3 Å². The van der Waals surface area contributed by atoms with Gasteiger partial charge in [-0.25, -0.2) is 0 Å². The highest BCUT2D eigenvalue weighted by atomic mass is 35.5. The molecule has 0 unspecified atom stereocenters. The predicted octanol–water partition coefficient (Wildman–Crippen LogP) is 4.84. The Labute approximate surface area is 225 Å². The van der Waals surface area contributed by atoms with Crippen LogP contribution in [0.1, 0.15) is 42.0 Å². The standard InChI is InChI=1S/C27H30ClN3O5S/c1-27(2,3)30-26(34)24(17-8-13-20(35-4)21(15-17)36-5)31(19-11-9-18(28)10-12-19)23(32)16-29-25(33)22-7-6-14-37-22/h6-15,24H,16H2,1-5H3,(H,29,33)(H,30,34)/t24-/m1/s1. The fraction of sp³-hybridized carbons (Fsp3) is 0.296. The number of rotatable bonds is 9. The third-order valence-electron chi connectivity index (χ3n) is 5.25. The lowest BCUT2D eigenvalue weighted by molar-refractivity contribution is -0.127. The van der Waals surface area contributed by atoms with Crippen LogP contribution in [0.3, 0.4) is 0 Å². The van der Waals surface area contributed by atoms with Crippen molar-refractivity contribution in [1.29, 1.82) is 0 Å². The van der Waals surface area contributed by atoms with Crippen LogP contribution in [0.15, 0.2) is 60.0 Å². The molecule has 0 saturated carbocycles. The number of halogens is 1. The zero-order chi connectivity index (χ0) is 27.2. The van der Waals surface area contributed by atoms with Crippen LogP contribution >= 0.6 is 22.9 Å². The van der Waals surface area contributed by atoms with Crippen LogP contribution in [0, 0.1) is 0 Å². The van der Waals surface area contributed by atoms with Crippen molar-refractivity contribution in [1.82, 2.24) is 10.6 Å². The second-order valence-corrected chi connectivity index (χ2v) is 10.5. The van der Waals surface area contributed by atoms with E-state index in [2.05, 4.69) is 10.6 Å². The molecule has 2 N–H and O–H groups in total. The number of methoxy groups -OCH3 is 2. The van der Waals surface area contributed by atoms with Gasteiger partial charge in [0.05, 0.1) is 25.6 Å². The number of carbonyl (C=O) groups is 3. The highest BCUT2D eigenvalue weighted by molar-refractivity contribution is 7.12. The summed E-state index contributed by atoms with van der Waals surface area (Å²) in [4.78, 5) is 41.8. The summed E-state index contributed by atoms with van der Waals surface area (Å²) in [7, 11) is 3.01. The van der Waals surface area contributed by atoms with E-state index in [4.69, 9.17) is 21.1 Å². The van der Waals surface area contributed by atoms with Crippen LogP contribution in [0.2, 0.25) is 5.02 Å². The molecule has 0 spiro atoms. The average molecular weight is 544 g/mol. The van der Waals surface area contributed by atoms with Crippen LogP contribution in [-0.4, -0.2) is 44.0 Å². The first kappa shape index (κ1) is 28.0. The zero-order valence-corrected chi connectivity index (χ0v) is 22.9. The van der Waals surface area contributed by atoms with Gasteiger partial charge in [0.2, 0.25) is 11.8 Å². The molecule has 0 fully saturated rings. The molecular formula is C27H30ClN3O5S. The molecule has 37 heavy (non-hydrogen) atoms. The van der Waals surface area contributed by atoms with Crippen molar-refractivity contribution in [2.75, 3.05) is 25.7 Å². The van der Waals surface area contributed by atoms with Crippen LogP contribution in [-0.2, 0) is 9.59 Å². The number of anilines is 1. The van der Waals surface area contributed by atoms with Gasteiger partial charge < -0.3 is 20.1 Å². The van der Waals surface area contributed by atoms with E-state index in [1.807, 2.05) is 20.8 Å². The molecule has 0 radical (unpaired) electrons. The second kappa shape index (κ2) is 12.1. The fourth-order valence-corrected chi connectivity index (χ4v) is 4.42. The molecule has 0 saturated heterocycles. The first-order valence-corrected chi connectivity index (χ1v) is 12.7. The Bertz CT molecular complexity index is 1240. The minimum atomic E-state index is -1.09. The smallest absolute Gasteiger partial charge is 0.261 e. The Hall–Kier alpha value is -3.56. The van der Waals surface area contributed by atoms with Crippen LogP contribution in [0.25, 0.3) is 0 Å². The second-order valence-electron chi connectivity index (χ2n) is 9.16. The Morgan fingerprint density at radius 1 is 1.00 bits per heavy atom. The number of amides is 3. The molecule has 1 atom stereocenters. The van der Waals surface area contributed by atoms with E-state index in [0.717, 1.165) is 0 Å². The molecular weight excluding hydrogens is 514 g/mol. The molecule has 1 aromatic heterocycles. The quantitative estimate of drug-likeness (QED) is 0.402. The van der Waals surface area contributed by atoms with E-state index in [1.54, 1.807) is 60.0 Å². The molecule has 1 heterocycles. The predicted molar refractivity (Wildman–Crippen MR) is 146 cm³/mol. The first-order chi connectivity index (χ1) is 17.5. The summed E-state index contributed by atoms with van der Waals surface area (Å²) in [5.74, 6) is -0.387. The first-order valence-electron chi connectivity index (χ1n) is 11.5. The largest absolute Gasteiger partial charge is 0.493 e. The molecule has 196 valence electrons. The van der Waals surface area contributed by atoms with Gasteiger partial charge in [0, 0.05) is 16.2 Å². The third-order valence-corrected chi connectivity index (χ3v) is 6.37. The number of nitrogens with zero attached hydrogens (tertiary/aromatic N) is 1. The van der Waals surface area contributed by atoms with Crippen LogP contribution < -0.4 is 25.0 Å². The molecule has 0 bridgehead atoms. The maximum Gasteiger partial charge on any atom is 0.261 e. The Balaban J connectivity index is 2.08. The van der Waals surface area contributed by atoms with Crippen molar-refractivity contribution in [3.8, 4) is 11.5 Å². The van der Waals surface area contributed by atoms with E-state index < -0.39 is 23.4 Å². The lowest BCUT2D eigenvalue weighted by Crippen LogP contribution is -2.51. The summed E-state index contributed by atoms with van der Waals surface area (Å²) in [6.45, 7) is 5.23. The molecule has 3 aromatic rings. The Morgan fingerprint density at radius 3 is 2.24 bits per heavy atom. The number of carbonyl (C=O) groups excluding carboxylic acids is 3. The molecule has 0 aliphatic carbocycles. The summed E-state index contributed by atoms with van der Waals surface area (Å²) >= 11 is 7.38. The lowest BCUT2D eigenvalue weighted by Gasteiger charge is -2.34. The van der Waals surface area contributed by atoms with Crippen molar-refractivity contribution in [2.45, 2.75) is 32.4 Å². The van der Waals surface area contributed by atoms with Crippen LogP contribution in [0.5, 0.6) is 11.5 Å². The maximum absolute atomic E-state index is 13.7. The van der Waals surface area contributed by atoms with Crippen molar-refractivity contribution in [3.05, 3.63) is 75.4 Å². The van der Waals surface area contributed by atoms with Gasteiger partial charge >= 0.3 is 0 Å². The van der Waals surface area contributed by atoms with E-state index in [1.165, 1.54) is 30.5 Å². The van der Waals surface area contributed by atoms with Gasteiger partial charge in [-0.15, -0.1) is 11.3 Å². The molecule has 2 aromatic carbocycles. The number of hydrogen-bond acceptors (Lipinski definition) is 6. The van der Waals surface area contributed by atoms with Crippen molar-refractivity contribution < 1.29 is 23.9 Å². The zero-order valence-electron chi connectivity index (χ0n) is 21.3. The van der Waals surface area contributed by atoms with E-state index >= 15 is 0 Å². The molecule has 0 aliphatic rings. The van der Waals surface area contributed by atoms with Gasteiger partial charge in [-0.1, -0.05) is 23.7 Å².